The molecule has 2 atom stereocenters. The molecule has 1 aliphatic rings. The third-order valence-electron chi connectivity index (χ3n) is 4.43. The number of sulfonamides is 1. The first-order chi connectivity index (χ1) is 14.5. The number of halogens is 2. The van der Waals surface area contributed by atoms with E-state index in [9.17, 15) is 27.9 Å². The van der Waals surface area contributed by atoms with Crippen LogP contribution in [-0.4, -0.2) is 55.1 Å². The van der Waals surface area contributed by atoms with Crippen LogP contribution in [0.2, 0.25) is 10.0 Å². The number of aliphatic hydroxyl groups excluding tert-OH is 1. The van der Waals surface area contributed by atoms with Crippen LogP contribution in [0, 0.1) is 0 Å². The molecule has 0 aliphatic carbocycles. The lowest BCUT2D eigenvalue weighted by Crippen LogP contribution is -2.49. The van der Waals surface area contributed by atoms with Crippen LogP contribution >= 0.6 is 23.2 Å². The van der Waals surface area contributed by atoms with Gasteiger partial charge in [-0.05, 0) is 37.3 Å². The van der Waals surface area contributed by atoms with Crippen LogP contribution in [0.4, 0.5) is 0 Å². The van der Waals surface area contributed by atoms with Crippen LogP contribution < -0.4 is 4.72 Å². The highest BCUT2D eigenvalue weighted by molar-refractivity contribution is 7.89. The van der Waals surface area contributed by atoms with Gasteiger partial charge in [0.15, 0.2) is 6.73 Å². The van der Waals surface area contributed by atoms with Crippen molar-refractivity contribution in [3.63, 3.8) is 0 Å². The molecule has 0 unspecified atom stereocenters. The lowest BCUT2D eigenvalue weighted by Gasteiger charge is -2.21. The van der Waals surface area contributed by atoms with E-state index in [1.165, 1.54) is 31.2 Å². The predicted octanol–water partition coefficient (Wildman–Crippen LogP) is 1.82. The number of nitrogens with zero attached hydrogens (tertiary/aromatic N) is 1. The van der Waals surface area contributed by atoms with Crippen molar-refractivity contribution in [2.75, 3.05) is 6.73 Å². The van der Waals surface area contributed by atoms with Gasteiger partial charge in [0.2, 0.25) is 10.0 Å². The third kappa shape index (κ3) is 4.73. The van der Waals surface area contributed by atoms with Gasteiger partial charge in [-0.25, -0.2) is 13.3 Å². The number of benzene rings is 2. The van der Waals surface area contributed by atoms with E-state index in [1.54, 1.807) is 12.1 Å². The maximum absolute atomic E-state index is 12.6. The van der Waals surface area contributed by atoms with E-state index in [1.807, 2.05) is 4.72 Å². The number of carbonyl (C=O) groups excluding carboxylic acids is 3. The molecule has 0 bridgehead atoms. The van der Waals surface area contributed by atoms with Gasteiger partial charge in [0.05, 0.1) is 32.2 Å². The zero-order valence-corrected chi connectivity index (χ0v) is 18.2. The summed E-state index contributed by atoms with van der Waals surface area (Å²) in [5, 5.41) is 10.0. The number of esters is 1. The maximum Gasteiger partial charge on any atom is 0.328 e. The zero-order chi connectivity index (χ0) is 22.9. The molecule has 164 valence electrons. The fourth-order valence-corrected chi connectivity index (χ4v) is 4.44. The molecule has 2 aromatic carbocycles. The molecule has 2 amide bonds. The number of amides is 2. The van der Waals surface area contributed by atoms with Gasteiger partial charge in [-0.2, -0.15) is 4.72 Å². The second-order valence-electron chi connectivity index (χ2n) is 6.59. The molecule has 31 heavy (non-hydrogen) atoms. The SMILES string of the molecule is C[C@H](O)[C@@H](NS(=O)(=O)c1ccc(Cl)c(Cl)c1)C(=O)OCN1C(=O)c2ccccc2C1=O. The standard InChI is InChI=1S/C19H16Cl2N2O7S/c1-10(24)16(22-31(28,29)11-6-7-14(20)15(21)8-11)19(27)30-9-23-17(25)12-4-2-3-5-13(12)18(23)26/h2-8,10,16,22,24H,9H2,1H3/t10-,16+/m0/s1. The van der Waals surface area contributed by atoms with E-state index < -0.39 is 46.7 Å². The number of rotatable bonds is 7. The molecule has 1 aliphatic heterocycles. The molecule has 0 fully saturated rings. The molecule has 3 rings (SSSR count). The van der Waals surface area contributed by atoms with Crippen LogP contribution in [0.25, 0.3) is 0 Å². The molecule has 12 heteroatoms. The molecule has 0 radical (unpaired) electrons. The van der Waals surface area contributed by atoms with Crippen molar-refractivity contribution in [1.29, 1.82) is 0 Å². The van der Waals surface area contributed by atoms with Gasteiger partial charge in [-0.15, -0.1) is 0 Å². The Balaban J connectivity index is 1.72. The van der Waals surface area contributed by atoms with Crippen molar-refractivity contribution >= 4 is 51.0 Å². The minimum Gasteiger partial charge on any atom is -0.442 e. The van der Waals surface area contributed by atoms with Crippen LogP contribution in [0.5, 0.6) is 0 Å². The number of hydrogen-bond acceptors (Lipinski definition) is 7. The highest BCUT2D eigenvalue weighted by atomic mass is 35.5. The Labute approximate surface area is 187 Å². The summed E-state index contributed by atoms with van der Waals surface area (Å²) in [6.45, 7) is 0.425. The van der Waals surface area contributed by atoms with E-state index >= 15 is 0 Å². The van der Waals surface area contributed by atoms with E-state index in [2.05, 4.69) is 0 Å². The summed E-state index contributed by atoms with van der Waals surface area (Å²) in [6.07, 6.45) is -1.49. The smallest absolute Gasteiger partial charge is 0.328 e. The second-order valence-corrected chi connectivity index (χ2v) is 9.12. The number of nitrogens with one attached hydrogen (secondary N) is 1. The van der Waals surface area contributed by atoms with Gasteiger partial charge < -0.3 is 9.84 Å². The normalized spacial score (nSPS) is 15.5. The van der Waals surface area contributed by atoms with Crippen molar-refractivity contribution in [2.24, 2.45) is 0 Å². The molecular formula is C19H16Cl2N2O7S. The van der Waals surface area contributed by atoms with Crippen molar-refractivity contribution in [2.45, 2.75) is 24.0 Å². The van der Waals surface area contributed by atoms with E-state index in [0.29, 0.717) is 4.90 Å². The minimum atomic E-state index is -4.29. The average molecular weight is 487 g/mol. The maximum atomic E-state index is 12.6. The molecule has 2 aromatic rings. The Morgan fingerprint density at radius 1 is 1.10 bits per heavy atom. The van der Waals surface area contributed by atoms with Gasteiger partial charge in [0.25, 0.3) is 11.8 Å². The summed E-state index contributed by atoms with van der Waals surface area (Å²) in [4.78, 5) is 37.5. The Bertz CT molecular complexity index is 1130. The summed E-state index contributed by atoms with van der Waals surface area (Å²) in [5.74, 6) is -2.49. The number of carbonyl (C=O) groups is 3. The summed E-state index contributed by atoms with van der Waals surface area (Å²) < 4.78 is 32.1. The largest absolute Gasteiger partial charge is 0.442 e. The lowest BCUT2D eigenvalue weighted by atomic mass is 10.1. The Morgan fingerprint density at radius 3 is 2.19 bits per heavy atom. The highest BCUT2D eigenvalue weighted by Crippen LogP contribution is 2.25. The second kappa shape index (κ2) is 8.93. The van der Waals surface area contributed by atoms with E-state index in [-0.39, 0.29) is 26.1 Å². The van der Waals surface area contributed by atoms with Gasteiger partial charge >= 0.3 is 5.97 Å². The molecular weight excluding hydrogens is 471 g/mol. The topological polar surface area (TPSA) is 130 Å². The number of aliphatic hydroxyl groups is 1. The summed E-state index contributed by atoms with van der Waals surface area (Å²) in [5.41, 5.74) is 0.326. The molecule has 9 nitrogen and oxygen atoms in total. The van der Waals surface area contributed by atoms with Crippen molar-refractivity contribution in [3.8, 4) is 0 Å². The number of imide groups is 1. The highest BCUT2D eigenvalue weighted by Gasteiger charge is 2.37. The predicted molar refractivity (Wildman–Crippen MR) is 110 cm³/mol. The Morgan fingerprint density at radius 2 is 1.68 bits per heavy atom. The van der Waals surface area contributed by atoms with E-state index in [4.69, 9.17) is 27.9 Å². The fraction of sp³-hybridized carbons (Fsp3) is 0.211. The Hall–Kier alpha value is -2.50. The van der Waals surface area contributed by atoms with Crippen LogP contribution in [0.15, 0.2) is 47.4 Å². The van der Waals surface area contributed by atoms with Gasteiger partial charge in [0.1, 0.15) is 6.04 Å². The molecule has 0 saturated heterocycles. The van der Waals surface area contributed by atoms with Crippen LogP contribution in [0.3, 0.4) is 0 Å². The third-order valence-corrected chi connectivity index (χ3v) is 6.61. The first-order valence-corrected chi connectivity index (χ1v) is 11.0. The first kappa shape index (κ1) is 23.2. The monoisotopic (exact) mass is 486 g/mol. The fourth-order valence-electron chi connectivity index (χ4n) is 2.80. The first-order valence-electron chi connectivity index (χ1n) is 8.80. The average Bonchev–Trinajstić information content (AvgIpc) is 2.96. The number of hydrogen-bond donors (Lipinski definition) is 2. The number of ether oxygens (including phenoxy) is 1. The lowest BCUT2D eigenvalue weighted by molar-refractivity contribution is -0.150. The summed E-state index contributed by atoms with van der Waals surface area (Å²) in [6, 6.07) is 7.88. The van der Waals surface area contributed by atoms with Crippen LogP contribution in [-0.2, 0) is 19.6 Å². The molecule has 2 N–H and O–H groups in total. The molecule has 1 heterocycles. The number of fused-ring (bicyclic) bond motifs is 1. The van der Waals surface area contributed by atoms with Gasteiger partial charge in [-0.3, -0.25) is 14.4 Å². The quantitative estimate of drug-likeness (QED) is 0.450. The zero-order valence-electron chi connectivity index (χ0n) is 15.9. The van der Waals surface area contributed by atoms with Gasteiger partial charge in [-0.1, -0.05) is 35.3 Å². The summed E-state index contributed by atoms with van der Waals surface area (Å²) >= 11 is 11.6. The molecule has 0 saturated carbocycles. The summed E-state index contributed by atoms with van der Waals surface area (Å²) in [7, 11) is -4.29. The van der Waals surface area contributed by atoms with Crippen molar-refractivity contribution < 1.29 is 32.6 Å². The van der Waals surface area contributed by atoms with E-state index in [0.717, 1.165) is 6.07 Å². The van der Waals surface area contributed by atoms with Crippen molar-refractivity contribution in [3.05, 3.63) is 63.6 Å². The van der Waals surface area contributed by atoms with Crippen molar-refractivity contribution in [1.82, 2.24) is 9.62 Å². The molecule has 0 spiro atoms. The minimum absolute atomic E-state index is 0.0219. The Kier molecular flexibility index (Phi) is 6.68. The van der Waals surface area contributed by atoms with Crippen LogP contribution in [0.1, 0.15) is 27.6 Å². The molecule has 0 aromatic heterocycles. The van der Waals surface area contributed by atoms with Gasteiger partial charge in [0, 0.05) is 0 Å².